The van der Waals surface area contributed by atoms with Crippen LogP contribution in [0.3, 0.4) is 0 Å². The van der Waals surface area contributed by atoms with Crippen molar-refractivity contribution in [1.29, 1.82) is 0 Å². The zero-order valence-corrected chi connectivity index (χ0v) is 36.3. The van der Waals surface area contributed by atoms with E-state index in [0.717, 1.165) is 65.1 Å². The first-order valence-electron chi connectivity index (χ1n) is 22.0. The maximum atomic E-state index is 13.3. The summed E-state index contributed by atoms with van der Waals surface area (Å²) >= 11 is 0. The van der Waals surface area contributed by atoms with Gasteiger partial charge >= 0.3 is 0 Å². The SMILES string of the molecule is CC(C)CC(c1ccc(C(CC(CC(CC(C)C)N2CCCC2=O)c2ccc(C(CC(C)C)C(C)C)c(CN3CCOCC3)c2)C(C)C)cc1)C(C)C. The second kappa shape index (κ2) is 20.7. The number of hydrogen-bond donors (Lipinski definition) is 0. The number of nitrogens with zero attached hydrogens (tertiary/aromatic N) is 2. The maximum absolute atomic E-state index is 13.3. The lowest BCUT2D eigenvalue weighted by Gasteiger charge is -2.36. The highest BCUT2D eigenvalue weighted by atomic mass is 16.5. The molecule has 2 heterocycles. The van der Waals surface area contributed by atoms with Crippen molar-refractivity contribution >= 4 is 5.91 Å². The molecule has 2 aliphatic heterocycles. The van der Waals surface area contributed by atoms with Gasteiger partial charge in [0.15, 0.2) is 0 Å². The van der Waals surface area contributed by atoms with Crippen molar-refractivity contribution < 1.29 is 9.53 Å². The smallest absolute Gasteiger partial charge is 0.222 e. The molecule has 0 spiro atoms. The minimum atomic E-state index is 0.278. The van der Waals surface area contributed by atoms with Crippen LogP contribution in [-0.2, 0) is 16.1 Å². The molecule has 4 nitrogen and oxygen atoms in total. The van der Waals surface area contributed by atoms with E-state index in [1.807, 2.05) is 0 Å². The Balaban J connectivity index is 1.79. The van der Waals surface area contributed by atoms with Crippen molar-refractivity contribution in [1.82, 2.24) is 9.80 Å². The molecule has 2 aromatic carbocycles. The number of rotatable bonds is 20. The maximum Gasteiger partial charge on any atom is 0.222 e. The highest BCUT2D eigenvalue weighted by Gasteiger charge is 2.33. The molecule has 0 bridgehead atoms. The van der Waals surface area contributed by atoms with E-state index in [4.69, 9.17) is 4.74 Å². The Kier molecular flexibility index (Phi) is 17.0. The summed E-state index contributed by atoms with van der Waals surface area (Å²) in [6.45, 7) is 34.1. The standard InChI is InChI=1S/C49H80N2O2/c1-33(2)26-44(51-21-13-14-49(51)52)30-42(31-47(37(9)10)40-17-15-39(16-18-40)46(36(7)8)27-34(3)4)41-19-20-45(48(38(11)12)28-35(5)6)43(29-41)32-50-22-24-53-25-23-50/h15-20,29,33-38,42,44,46-48H,13-14,21-28,30-32H2,1-12H3. The minimum Gasteiger partial charge on any atom is -0.379 e. The Morgan fingerprint density at radius 3 is 1.58 bits per heavy atom. The molecule has 0 saturated carbocycles. The van der Waals surface area contributed by atoms with Crippen molar-refractivity contribution in [2.75, 3.05) is 32.8 Å². The van der Waals surface area contributed by atoms with E-state index < -0.39 is 0 Å². The van der Waals surface area contributed by atoms with Gasteiger partial charge < -0.3 is 9.64 Å². The molecule has 5 unspecified atom stereocenters. The third-order valence-corrected chi connectivity index (χ3v) is 12.6. The van der Waals surface area contributed by atoms with E-state index in [1.165, 1.54) is 35.1 Å². The fourth-order valence-corrected chi connectivity index (χ4v) is 9.68. The molecule has 0 aliphatic carbocycles. The van der Waals surface area contributed by atoms with Crippen LogP contribution in [0, 0.1) is 35.5 Å². The normalized spacial score (nSPS) is 19.0. The summed E-state index contributed by atoms with van der Waals surface area (Å²) in [5, 5.41) is 0. The van der Waals surface area contributed by atoms with E-state index in [-0.39, 0.29) is 6.04 Å². The van der Waals surface area contributed by atoms with Gasteiger partial charge in [0.25, 0.3) is 0 Å². The van der Waals surface area contributed by atoms with Gasteiger partial charge in [-0.15, -0.1) is 0 Å². The topological polar surface area (TPSA) is 32.8 Å². The average Bonchev–Trinajstić information content (AvgIpc) is 3.53. The molecule has 5 atom stereocenters. The quantitative estimate of drug-likeness (QED) is 0.136. The van der Waals surface area contributed by atoms with Gasteiger partial charge in [-0.05, 0) is 126 Å². The number of morpholine rings is 1. The number of amides is 1. The van der Waals surface area contributed by atoms with Gasteiger partial charge in [0.1, 0.15) is 0 Å². The summed E-state index contributed by atoms with van der Waals surface area (Å²) in [4.78, 5) is 18.2. The molecule has 0 aromatic heterocycles. The largest absolute Gasteiger partial charge is 0.379 e. The molecule has 0 radical (unpaired) electrons. The Bertz CT molecular complexity index is 1370. The molecule has 2 aliphatic rings. The van der Waals surface area contributed by atoms with Gasteiger partial charge in [0, 0.05) is 38.6 Å². The van der Waals surface area contributed by atoms with Crippen LogP contribution in [-0.4, -0.2) is 54.6 Å². The van der Waals surface area contributed by atoms with E-state index in [2.05, 4.69) is 135 Å². The van der Waals surface area contributed by atoms with Gasteiger partial charge in [0.2, 0.25) is 5.91 Å². The molecule has 1 amide bonds. The van der Waals surface area contributed by atoms with Crippen molar-refractivity contribution in [3.63, 3.8) is 0 Å². The van der Waals surface area contributed by atoms with E-state index in [9.17, 15) is 4.79 Å². The fourth-order valence-electron chi connectivity index (χ4n) is 9.68. The van der Waals surface area contributed by atoms with Crippen LogP contribution in [0.25, 0.3) is 0 Å². The van der Waals surface area contributed by atoms with Crippen LogP contribution in [0.2, 0.25) is 0 Å². The molecule has 298 valence electrons. The highest BCUT2D eigenvalue weighted by Crippen LogP contribution is 2.42. The van der Waals surface area contributed by atoms with Crippen molar-refractivity contribution in [2.45, 2.75) is 164 Å². The predicted octanol–water partition coefficient (Wildman–Crippen LogP) is 12.4. The molecule has 53 heavy (non-hydrogen) atoms. The van der Waals surface area contributed by atoms with Gasteiger partial charge in [-0.2, -0.15) is 0 Å². The highest BCUT2D eigenvalue weighted by molar-refractivity contribution is 5.78. The Hall–Kier alpha value is -2.17. The van der Waals surface area contributed by atoms with Gasteiger partial charge in [-0.1, -0.05) is 126 Å². The summed E-state index contributed by atoms with van der Waals surface area (Å²) in [5.41, 5.74) is 7.50. The Labute approximate surface area is 327 Å². The van der Waals surface area contributed by atoms with Gasteiger partial charge in [0.05, 0.1) is 13.2 Å². The van der Waals surface area contributed by atoms with Crippen molar-refractivity contribution in [3.8, 4) is 0 Å². The number of ether oxygens (including phenoxy) is 1. The zero-order valence-electron chi connectivity index (χ0n) is 36.3. The fraction of sp³-hybridized carbons (Fsp3) is 0.735. The summed E-state index contributed by atoms with van der Waals surface area (Å²) in [6, 6.07) is 17.8. The summed E-state index contributed by atoms with van der Waals surface area (Å²) in [7, 11) is 0. The first-order chi connectivity index (χ1) is 25.1. The molecule has 2 fully saturated rings. The van der Waals surface area contributed by atoms with Crippen LogP contribution in [0.4, 0.5) is 0 Å². The number of carbonyl (C=O) groups is 1. The summed E-state index contributed by atoms with van der Waals surface area (Å²) < 4.78 is 5.78. The second-order valence-corrected chi connectivity index (χ2v) is 19.5. The molecule has 4 rings (SSSR count). The van der Waals surface area contributed by atoms with Crippen molar-refractivity contribution in [3.05, 3.63) is 70.3 Å². The van der Waals surface area contributed by atoms with Gasteiger partial charge in [-0.3, -0.25) is 9.69 Å². The van der Waals surface area contributed by atoms with Crippen LogP contribution in [0.1, 0.15) is 180 Å². The third-order valence-electron chi connectivity index (χ3n) is 12.6. The third kappa shape index (κ3) is 12.7. The molecule has 2 aromatic rings. The van der Waals surface area contributed by atoms with E-state index >= 15 is 0 Å². The minimum absolute atomic E-state index is 0.278. The first kappa shape index (κ1) is 43.6. The average molecular weight is 729 g/mol. The van der Waals surface area contributed by atoms with Crippen LogP contribution in [0.15, 0.2) is 42.5 Å². The molecule has 2 saturated heterocycles. The van der Waals surface area contributed by atoms with E-state index in [0.29, 0.717) is 71.5 Å². The van der Waals surface area contributed by atoms with Crippen molar-refractivity contribution in [2.24, 2.45) is 35.5 Å². The predicted molar refractivity (Wildman–Crippen MR) is 227 cm³/mol. The number of hydrogen-bond acceptors (Lipinski definition) is 3. The Morgan fingerprint density at radius 1 is 0.585 bits per heavy atom. The summed E-state index contributed by atoms with van der Waals surface area (Å²) in [5.74, 6) is 5.93. The lowest BCUT2D eigenvalue weighted by Crippen LogP contribution is -2.38. The first-order valence-corrected chi connectivity index (χ1v) is 22.0. The van der Waals surface area contributed by atoms with Crippen LogP contribution < -0.4 is 0 Å². The summed E-state index contributed by atoms with van der Waals surface area (Å²) in [6.07, 6.45) is 7.35. The number of benzene rings is 2. The lowest BCUT2D eigenvalue weighted by atomic mass is 9.74. The Morgan fingerprint density at radius 2 is 1.09 bits per heavy atom. The monoisotopic (exact) mass is 729 g/mol. The van der Waals surface area contributed by atoms with Gasteiger partial charge in [-0.25, -0.2) is 0 Å². The number of likely N-dealkylation sites (tertiary alicyclic amines) is 1. The molecule has 0 N–H and O–H groups in total. The molecular formula is C49H80N2O2. The van der Waals surface area contributed by atoms with Crippen LogP contribution >= 0.6 is 0 Å². The zero-order chi connectivity index (χ0) is 38.8. The van der Waals surface area contributed by atoms with Crippen LogP contribution in [0.5, 0.6) is 0 Å². The molecule has 4 heteroatoms. The molecular weight excluding hydrogens is 649 g/mol. The number of carbonyl (C=O) groups excluding carboxylic acids is 1. The van der Waals surface area contributed by atoms with E-state index in [1.54, 1.807) is 5.56 Å². The second-order valence-electron chi connectivity index (χ2n) is 19.5. The lowest BCUT2D eigenvalue weighted by molar-refractivity contribution is -0.130.